The summed E-state index contributed by atoms with van der Waals surface area (Å²) in [4.78, 5) is 26.0. The van der Waals surface area contributed by atoms with E-state index in [0.717, 1.165) is 64.2 Å². The van der Waals surface area contributed by atoms with Crippen molar-refractivity contribution in [3.63, 3.8) is 0 Å². The molecular weight excluding hydrogens is 464 g/mol. The van der Waals surface area contributed by atoms with E-state index in [9.17, 15) is 19.8 Å². The van der Waals surface area contributed by atoms with E-state index >= 15 is 0 Å². The zero-order valence-electron chi connectivity index (χ0n) is 24.9. The highest BCUT2D eigenvalue weighted by atomic mass is 16.5. The number of aliphatic hydroxyl groups excluding tert-OH is 1. The molecule has 4 aliphatic carbocycles. The van der Waals surface area contributed by atoms with Crippen molar-refractivity contribution in [1.82, 2.24) is 0 Å². The van der Waals surface area contributed by atoms with Crippen LogP contribution in [0.4, 0.5) is 0 Å². The lowest BCUT2D eigenvalue weighted by atomic mass is 9.37. The van der Waals surface area contributed by atoms with E-state index in [0.29, 0.717) is 5.92 Å². The van der Waals surface area contributed by atoms with Gasteiger partial charge in [0, 0.05) is 5.41 Å². The number of aliphatic hydroxyl groups is 2. The van der Waals surface area contributed by atoms with Crippen molar-refractivity contribution in [1.29, 1.82) is 0 Å². The van der Waals surface area contributed by atoms with Crippen LogP contribution in [0, 0.1) is 38.4 Å². The highest BCUT2D eigenvalue weighted by Crippen LogP contribution is 2.71. The maximum Gasteiger partial charge on any atom is 0.311 e. The number of esters is 1. The summed E-state index contributed by atoms with van der Waals surface area (Å²) in [5.74, 6) is 0.0190. The minimum absolute atomic E-state index is 0.0609. The molecule has 0 aromatic heterocycles. The minimum Gasteiger partial charge on any atom is -0.469 e. The summed E-state index contributed by atoms with van der Waals surface area (Å²) < 4.78 is 5.09. The SMILES string of the molecule is COC(=O)[C@]1(C)CC[C@@](C)(CC[C@]2(C)[C@](C)(O)C(=O)C=C3[C@@]4(C)CC[C@H](O)C(C)(C)[C@@H]4CC[C@]32C)CC1. The fourth-order valence-electron chi connectivity index (χ4n) is 9.40. The lowest BCUT2D eigenvalue weighted by molar-refractivity contribution is -0.183. The maximum atomic E-state index is 13.7. The average molecular weight is 517 g/mol. The molecule has 210 valence electrons. The van der Waals surface area contributed by atoms with Crippen molar-refractivity contribution in [3.8, 4) is 0 Å². The third-order valence-corrected chi connectivity index (χ3v) is 13.1. The van der Waals surface area contributed by atoms with Crippen LogP contribution in [0.15, 0.2) is 11.6 Å². The Kier molecular flexibility index (Phi) is 6.73. The van der Waals surface area contributed by atoms with Gasteiger partial charge in [-0.25, -0.2) is 0 Å². The lowest BCUT2D eigenvalue weighted by Gasteiger charge is -2.67. The molecule has 0 amide bonds. The number of ether oxygens (including phenoxy) is 1. The second-order valence-electron chi connectivity index (χ2n) is 15.4. The average Bonchev–Trinajstić information content (AvgIpc) is 2.83. The maximum absolute atomic E-state index is 13.7. The van der Waals surface area contributed by atoms with Crippen molar-refractivity contribution >= 4 is 11.8 Å². The number of hydrogen-bond donors (Lipinski definition) is 2. The van der Waals surface area contributed by atoms with Gasteiger partial charge in [-0.1, -0.05) is 47.1 Å². The van der Waals surface area contributed by atoms with Gasteiger partial charge in [0.25, 0.3) is 0 Å². The molecule has 4 rings (SSSR count). The Morgan fingerprint density at radius 1 is 0.919 bits per heavy atom. The van der Waals surface area contributed by atoms with Crippen molar-refractivity contribution in [3.05, 3.63) is 11.6 Å². The number of carbonyl (C=O) groups is 2. The Morgan fingerprint density at radius 3 is 2.08 bits per heavy atom. The first-order chi connectivity index (χ1) is 16.8. The van der Waals surface area contributed by atoms with Gasteiger partial charge in [0.05, 0.1) is 18.6 Å². The Morgan fingerprint density at radius 2 is 1.51 bits per heavy atom. The monoisotopic (exact) mass is 516 g/mol. The Balaban J connectivity index is 1.65. The van der Waals surface area contributed by atoms with Crippen molar-refractivity contribution in [2.24, 2.45) is 38.4 Å². The molecule has 0 spiro atoms. The van der Waals surface area contributed by atoms with Gasteiger partial charge in [-0.05, 0) is 112 Å². The van der Waals surface area contributed by atoms with Crippen molar-refractivity contribution in [2.75, 3.05) is 7.11 Å². The van der Waals surface area contributed by atoms with Crippen molar-refractivity contribution in [2.45, 2.75) is 131 Å². The van der Waals surface area contributed by atoms with E-state index in [2.05, 4.69) is 41.5 Å². The van der Waals surface area contributed by atoms with Gasteiger partial charge < -0.3 is 14.9 Å². The smallest absolute Gasteiger partial charge is 0.311 e. The molecule has 0 aromatic rings. The molecule has 37 heavy (non-hydrogen) atoms. The van der Waals surface area contributed by atoms with Crippen LogP contribution in [0.5, 0.6) is 0 Å². The summed E-state index contributed by atoms with van der Waals surface area (Å²) in [6, 6.07) is 0. The molecular formula is C32H52O5. The topological polar surface area (TPSA) is 83.8 Å². The fraction of sp³-hybridized carbons (Fsp3) is 0.875. The van der Waals surface area contributed by atoms with Crippen LogP contribution < -0.4 is 0 Å². The Labute approximate surface area is 224 Å². The molecule has 0 unspecified atom stereocenters. The van der Waals surface area contributed by atoms with Gasteiger partial charge in [0.2, 0.25) is 0 Å². The standard InChI is InChI=1S/C32H52O5/c1-26(2)21-10-13-30(6)22(29(21,5)12-11-23(26)33)20-24(34)32(8,36)31(30,7)19-16-27(3)14-17-28(4,18-15-27)25(35)37-9/h20-21,23,33,36H,10-19H2,1-9H3/t21-,23-,27-,28-,29-,30+,31-,32+/m0/s1. The van der Waals surface area contributed by atoms with E-state index in [1.165, 1.54) is 12.7 Å². The fourth-order valence-corrected chi connectivity index (χ4v) is 9.40. The van der Waals surface area contributed by atoms with Crippen LogP contribution in [0.1, 0.15) is 120 Å². The van der Waals surface area contributed by atoms with Crippen LogP contribution in [-0.2, 0) is 14.3 Å². The summed E-state index contributed by atoms with van der Waals surface area (Å²) in [7, 11) is 1.47. The first-order valence-corrected chi connectivity index (χ1v) is 14.6. The summed E-state index contributed by atoms with van der Waals surface area (Å²) in [6.07, 6.45) is 10.2. The Bertz CT molecular complexity index is 983. The lowest BCUT2D eigenvalue weighted by Crippen LogP contribution is -2.66. The molecule has 2 N–H and O–H groups in total. The summed E-state index contributed by atoms with van der Waals surface area (Å²) >= 11 is 0. The number of ketones is 1. The molecule has 0 aromatic carbocycles. The predicted octanol–water partition coefficient (Wildman–Crippen LogP) is 6.40. The van der Waals surface area contributed by atoms with E-state index in [4.69, 9.17) is 4.74 Å². The van der Waals surface area contributed by atoms with Gasteiger partial charge in [-0.15, -0.1) is 0 Å². The van der Waals surface area contributed by atoms with Crippen LogP contribution in [-0.4, -0.2) is 40.8 Å². The number of allylic oxidation sites excluding steroid dienone is 1. The van der Waals surface area contributed by atoms with Gasteiger partial charge in [-0.2, -0.15) is 0 Å². The summed E-state index contributed by atoms with van der Waals surface area (Å²) in [6.45, 7) is 17.2. The molecule has 0 aliphatic heterocycles. The number of rotatable bonds is 4. The third-order valence-electron chi connectivity index (χ3n) is 13.1. The number of carbonyl (C=O) groups excluding carboxylic acids is 2. The molecule has 0 bridgehead atoms. The van der Waals surface area contributed by atoms with E-state index < -0.39 is 16.4 Å². The molecule has 3 fully saturated rings. The predicted molar refractivity (Wildman–Crippen MR) is 146 cm³/mol. The number of methoxy groups -OCH3 is 1. The van der Waals surface area contributed by atoms with Crippen LogP contribution >= 0.6 is 0 Å². The highest BCUT2D eigenvalue weighted by molar-refractivity contribution is 5.99. The number of hydrogen-bond acceptors (Lipinski definition) is 5. The first kappa shape index (κ1) is 28.8. The zero-order valence-corrected chi connectivity index (χ0v) is 24.9. The molecule has 4 aliphatic rings. The number of fused-ring (bicyclic) bond motifs is 3. The zero-order chi connectivity index (χ0) is 27.9. The molecule has 5 nitrogen and oxygen atoms in total. The molecule has 6 atom stereocenters. The second kappa shape index (κ2) is 8.65. The largest absolute Gasteiger partial charge is 0.469 e. The van der Waals surface area contributed by atoms with E-state index in [1.807, 2.05) is 13.0 Å². The quantitative estimate of drug-likeness (QED) is 0.423. The normalized spacial score (nSPS) is 49.5. The molecule has 0 radical (unpaired) electrons. The molecule has 3 saturated carbocycles. The van der Waals surface area contributed by atoms with Gasteiger partial charge in [0.15, 0.2) is 5.78 Å². The third kappa shape index (κ3) is 3.91. The van der Waals surface area contributed by atoms with E-state index in [1.54, 1.807) is 6.92 Å². The summed E-state index contributed by atoms with van der Waals surface area (Å²) in [5.41, 5.74) is -1.88. The van der Waals surface area contributed by atoms with E-state index in [-0.39, 0.29) is 39.5 Å². The first-order valence-electron chi connectivity index (χ1n) is 14.6. The van der Waals surface area contributed by atoms with Gasteiger partial charge in [-0.3, -0.25) is 9.59 Å². The van der Waals surface area contributed by atoms with Crippen LogP contribution in [0.3, 0.4) is 0 Å². The van der Waals surface area contributed by atoms with Crippen LogP contribution in [0.25, 0.3) is 0 Å². The molecule has 0 saturated heterocycles. The summed E-state index contributed by atoms with van der Waals surface area (Å²) in [5, 5.41) is 22.8. The Hall–Kier alpha value is -1.20. The molecule has 0 heterocycles. The van der Waals surface area contributed by atoms with Gasteiger partial charge in [0.1, 0.15) is 5.60 Å². The highest BCUT2D eigenvalue weighted by Gasteiger charge is 2.68. The van der Waals surface area contributed by atoms with Crippen LogP contribution in [0.2, 0.25) is 0 Å². The molecule has 5 heteroatoms. The minimum atomic E-state index is -1.44. The van der Waals surface area contributed by atoms with Gasteiger partial charge >= 0.3 is 5.97 Å². The second-order valence-corrected chi connectivity index (χ2v) is 15.4. The van der Waals surface area contributed by atoms with Crippen molar-refractivity contribution < 1.29 is 24.5 Å².